The van der Waals surface area contributed by atoms with Crippen LogP contribution in [-0.2, 0) is 6.54 Å². The Balaban J connectivity index is 2.55. The molecule has 1 aromatic carbocycles. The lowest BCUT2D eigenvalue weighted by Crippen LogP contribution is -2.10. The predicted molar refractivity (Wildman–Crippen MR) is 64.2 cm³/mol. The second-order valence-electron chi connectivity index (χ2n) is 3.61. The monoisotopic (exact) mass is 225 g/mol. The summed E-state index contributed by atoms with van der Waals surface area (Å²) in [5.41, 5.74) is 1.32. The van der Waals surface area contributed by atoms with E-state index in [1.54, 1.807) is 11.3 Å². The molecule has 3 heteroatoms. The van der Waals surface area contributed by atoms with Gasteiger partial charge in [-0.3, -0.25) is 0 Å². The van der Waals surface area contributed by atoms with Crippen LogP contribution in [0.4, 0.5) is 0 Å². The Kier molecular flexibility index (Phi) is 2.77. The molecule has 0 saturated heterocycles. The Hall–Kier alpha value is -0.570. The molecule has 1 aromatic heterocycles. The van der Waals surface area contributed by atoms with Crippen LogP contribution in [-0.4, -0.2) is 19.0 Å². The van der Waals surface area contributed by atoms with Gasteiger partial charge in [0.15, 0.2) is 0 Å². The summed E-state index contributed by atoms with van der Waals surface area (Å²) >= 11 is 7.93. The van der Waals surface area contributed by atoms with Crippen LogP contribution in [0.1, 0.15) is 5.56 Å². The van der Waals surface area contributed by atoms with Crippen molar-refractivity contribution in [2.75, 3.05) is 14.1 Å². The van der Waals surface area contributed by atoms with Gasteiger partial charge in [0.1, 0.15) is 0 Å². The topological polar surface area (TPSA) is 3.24 Å². The van der Waals surface area contributed by atoms with Gasteiger partial charge in [-0.15, -0.1) is 11.3 Å². The van der Waals surface area contributed by atoms with E-state index in [-0.39, 0.29) is 0 Å². The van der Waals surface area contributed by atoms with Crippen LogP contribution in [0.3, 0.4) is 0 Å². The molecule has 0 unspecified atom stereocenters. The van der Waals surface area contributed by atoms with Gasteiger partial charge < -0.3 is 4.90 Å². The summed E-state index contributed by atoms with van der Waals surface area (Å²) < 4.78 is 1.27. The molecule has 0 amide bonds. The van der Waals surface area contributed by atoms with Crippen molar-refractivity contribution >= 4 is 33.0 Å². The lowest BCUT2D eigenvalue weighted by atomic mass is 10.2. The largest absolute Gasteiger partial charge is 0.305 e. The molecule has 0 radical (unpaired) electrons. The zero-order valence-corrected chi connectivity index (χ0v) is 9.82. The summed E-state index contributed by atoms with van der Waals surface area (Å²) in [6.45, 7) is 0.948. The Bertz CT molecular complexity index is 447. The standard InChI is InChI=1S/C11H12ClNS/c1-13(2)6-8-7-14-10-5-3-4-9(12)11(8)10/h3-5,7H,6H2,1-2H3. The van der Waals surface area contributed by atoms with Gasteiger partial charge in [0.05, 0.1) is 0 Å². The number of thiophene rings is 1. The molecule has 0 fully saturated rings. The first-order chi connectivity index (χ1) is 6.68. The van der Waals surface area contributed by atoms with Gasteiger partial charge in [-0.2, -0.15) is 0 Å². The summed E-state index contributed by atoms with van der Waals surface area (Å²) in [6, 6.07) is 6.07. The van der Waals surface area contributed by atoms with Gasteiger partial charge in [0, 0.05) is 21.7 Å². The zero-order valence-electron chi connectivity index (χ0n) is 8.25. The van der Waals surface area contributed by atoms with Crippen molar-refractivity contribution in [2.45, 2.75) is 6.54 Å². The Morgan fingerprint density at radius 3 is 2.86 bits per heavy atom. The Labute approximate surface area is 92.9 Å². The number of benzene rings is 1. The number of rotatable bonds is 2. The third-order valence-corrected chi connectivity index (χ3v) is 3.42. The highest BCUT2D eigenvalue weighted by atomic mass is 35.5. The van der Waals surface area contributed by atoms with E-state index in [0.717, 1.165) is 11.6 Å². The lowest BCUT2D eigenvalue weighted by Gasteiger charge is -2.08. The molecule has 0 saturated carbocycles. The Morgan fingerprint density at radius 2 is 2.14 bits per heavy atom. The van der Waals surface area contributed by atoms with Crippen molar-refractivity contribution in [2.24, 2.45) is 0 Å². The van der Waals surface area contributed by atoms with E-state index in [1.165, 1.54) is 15.6 Å². The molecule has 0 aliphatic heterocycles. The van der Waals surface area contributed by atoms with E-state index in [4.69, 9.17) is 11.6 Å². The molecule has 0 N–H and O–H groups in total. The average molecular weight is 226 g/mol. The molecule has 1 heterocycles. The van der Waals surface area contributed by atoms with Gasteiger partial charge in [0.2, 0.25) is 0 Å². The molecular weight excluding hydrogens is 214 g/mol. The molecule has 14 heavy (non-hydrogen) atoms. The van der Waals surface area contributed by atoms with Crippen molar-refractivity contribution in [1.82, 2.24) is 4.90 Å². The number of hydrogen-bond donors (Lipinski definition) is 0. The lowest BCUT2D eigenvalue weighted by molar-refractivity contribution is 0.404. The van der Waals surface area contributed by atoms with Gasteiger partial charge in [-0.25, -0.2) is 0 Å². The molecule has 0 bridgehead atoms. The third kappa shape index (κ3) is 1.78. The highest BCUT2D eigenvalue weighted by molar-refractivity contribution is 7.17. The fourth-order valence-corrected chi connectivity index (χ4v) is 2.89. The van der Waals surface area contributed by atoms with Crippen molar-refractivity contribution in [3.05, 3.63) is 34.2 Å². The summed E-state index contributed by atoms with van der Waals surface area (Å²) in [5, 5.41) is 4.27. The number of halogens is 1. The fourth-order valence-electron chi connectivity index (χ4n) is 1.56. The summed E-state index contributed by atoms with van der Waals surface area (Å²) in [5.74, 6) is 0. The van der Waals surface area contributed by atoms with Gasteiger partial charge in [-0.1, -0.05) is 17.7 Å². The second kappa shape index (κ2) is 3.89. The molecule has 1 nitrogen and oxygen atoms in total. The quantitative estimate of drug-likeness (QED) is 0.755. The van der Waals surface area contributed by atoms with Gasteiger partial charge >= 0.3 is 0 Å². The molecule has 0 atom stereocenters. The third-order valence-electron chi connectivity index (χ3n) is 2.11. The van der Waals surface area contributed by atoms with Crippen LogP contribution < -0.4 is 0 Å². The first-order valence-electron chi connectivity index (χ1n) is 4.48. The first kappa shape index (κ1) is 9.97. The van der Waals surface area contributed by atoms with Crippen LogP contribution in [0.25, 0.3) is 10.1 Å². The minimum atomic E-state index is 0.862. The molecule has 2 aromatic rings. The van der Waals surface area contributed by atoms with Crippen LogP contribution in [0.15, 0.2) is 23.6 Å². The first-order valence-corrected chi connectivity index (χ1v) is 5.73. The molecule has 2 rings (SSSR count). The van der Waals surface area contributed by atoms with E-state index in [9.17, 15) is 0 Å². The maximum absolute atomic E-state index is 6.18. The smallest absolute Gasteiger partial charge is 0.0496 e. The van der Waals surface area contributed by atoms with Crippen molar-refractivity contribution in [3.8, 4) is 0 Å². The van der Waals surface area contributed by atoms with Crippen LogP contribution in [0.5, 0.6) is 0 Å². The maximum Gasteiger partial charge on any atom is 0.0496 e. The van der Waals surface area contributed by atoms with Crippen molar-refractivity contribution in [3.63, 3.8) is 0 Å². The van der Waals surface area contributed by atoms with Crippen molar-refractivity contribution in [1.29, 1.82) is 0 Å². The zero-order chi connectivity index (χ0) is 10.1. The number of hydrogen-bond acceptors (Lipinski definition) is 2. The molecule has 0 aliphatic carbocycles. The van der Waals surface area contributed by atoms with Gasteiger partial charge in [0.25, 0.3) is 0 Å². The fraction of sp³-hybridized carbons (Fsp3) is 0.273. The van der Waals surface area contributed by atoms with E-state index in [2.05, 4.69) is 30.4 Å². The molecule has 74 valence electrons. The Morgan fingerprint density at radius 1 is 1.36 bits per heavy atom. The van der Waals surface area contributed by atoms with Gasteiger partial charge in [-0.05, 0) is 37.2 Å². The van der Waals surface area contributed by atoms with E-state index in [0.29, 0.717) is 0 Å². The van der Waals surface area contributed by atoms with Crippen LogP contribution in [0.2, 0.25) is 5.02 Å². The molecule has 0 aliphatic rings. The van der Waals surface area contributed by atoms with Crippen LogP contribution in [0, 0.1) is 0 Å². The van der Waals surface area contributed by atoms with E-state index in [1.807, 2.05) is 12.1 Å². The molecule has 0 spiro atoms. The summed E-state index contributed by atoms with van der Waals surface area (Å²) in [7, 11) is 4.14. The summed E-state index contributed by atoms with van der Waals surface area (Å²) in [6.07, 6.45) is 0. The number of nitrogens with zero attached hydrogens (tertiary/aromatic N) is 1. The SMILES string of the molecule is CN(C)Cc1csc2cccc(Cl)c12. The minimum Gasteiger partial charge on any atom is -0.305 e. The number of fused-ring (bicyclic) bond motifs is 1. The highest BCUT2D eigenvalue weighted by Gasteiger charge is 2.07. The average Bonchev–Trinajstić information content (AvgIpc) is 2.49. The van der Waals surface area contributed by atoms with E-state index >= 15 is 0 Å². The molecular formula is C11H12ClNS. The minimum absolute atomic E-state index is 0.862. The highest BCUT2D eigenvalue weighted by Crippen LogP contribution is 2.32. The van der Waals surface area contributed by atoms with E-state index < -0.39 is 0 Å². The normalized spacial score (nSPS) is 11.4. The van der Waals surface area contributed by atoms with Crippen molar-refractivity contribution < 1.29 is 0 Å². The summed E-state index contributed by atoms with van der Waals surface area (Å²) in [4.78, 5) is 2.16. The second-order valence-corrected chi connectivity index (χ2v) is 4.93. The predicted octanol–water partition coefficient (Wildman–Crippen LogP) is 3.62. The maximum atomic E-state index is 6.18. The van der Waals surface area contributed by atoms with Crippen LogP contribution >= 0.6 is 22.9 Å².